The highest BCUT2D eigenvalue weighted by Gasteiger charge is 2.28. The number of carbonyl (C=O) groups is 1. The molecule has 0 bridgehead atoms. The van der Waals surface area contributed by atoms with Crippen molar-refractivity contribution in [1.82, 2.24) is 15.2 Å². The van der Waals surface area contributed by atoms with Gasteiger partial charge >= 0.3 is 6.03 Å². The lowest BCUT2D eigenvalue weighted by atomic mass is 9.97. The quantitative estimate of drug-likeness (QED) is 0.495. The Morgan fingerprint density at radius 1 is 1.26 bits per heavy atom. The third-order valence-corrected chi connectivity index (χ3v) is 6.13. The van der Waals surface area contributed by atoms with E-state index >= 15 is 0 Å². The van der Waals surface area contributed by atoms with Crippen molar-refractivity contribution in [1.29, 1.82) is 0 Å². The van der Waals surface area contributed by atoms with E-state index in [2.05, 4.69) is 27.4 Å². The van der Waals surface area contributed by atoms with E-state index < -0.39 is 0 Å². The molecule has 0 spiro atoms. The lowest BCUT2D eigenvalue weighted by Gasteiger charge is -2.39. The lowest BCUT2D eigenvalue weighted by Crippen LogP contribution is -2.52. The van der Waals surface area contributed by atoms with Gasteiger partial charge in [0.05, 0.1) is 24.9 Å². The topological polar surface area (TPSA) is 86.7 Å². The van der Waals surface area contributed by atoms with Crippen LogP contribution in [0.4, 0.5) is 10.5 Å². The predicted octanol–water partition coefficient (Wildman–Crippen LogP) is 4.16. The van der Waals surface area contributed by atoms with Gasteiger partial charge in [0.1, 0.15) is 5.75 Å². The van der Waals surface area contributed by atoms with Crippen molar-refractivity contribution in [3.63, 3.8) is 0 Å². The van der Waals surface area contributed by atoms with Crippen LogP contribution >= 0.6 is 0 Å². The van der Waals surface area contributed by atoms with Crippen LogP contribution in [0.15, 0.2) is 30.5 Å². The first-order valence-corrected chi connectivity index (χ1v) is 11.5. The molecule has 1 aromatic heterocycles. The number of hydrogen-bond donors (Lipinski definition) is 3. The Morgan fingerprint density at radius 3 is 2.87 bits per heavy atom. The third kappa shape index (κ3) is 6.55. The van der Waals surface area contributed by atoms with Gasteiger partial charge in [-0.1, -0.05) is 32.6 Å². The molecule has 0 radical (unpaired) electrons. The number of hydrogen-bond acceptors (Lipinski definition) is 5. The molecule has 1 aliphatic rings. The molecular formula is C24H36N4O3. The van der Waals surface area contributed by atoms with Crippen molar-refractivity contribution in [3.05, 3.63) is 30.5 Å². The number of piperidine rings is 1. The molecule has 170 valence electrons. The summed E-state index contributed by atoms with van der Waals surface area (Å²) in [5.41, 5.74) is 1.50. The highest BCUT2D eigenvalue weighted by Crippen LogP contribution is 2.26. The number of methoxy groups -OCH3 is 1. The minimum atomic E-state index is -0.231. The van der Waals surface area contributed by atoms with Gasteiger partial charge in [0.2, 0.25) is 0 Å². The predicted molar refractivity (Wildman–Crippen MR) is 125 cm³/mol. The molecule has 31 heavy (non-hydrogen) atoms. The molecule has 7 heteroatoms. The molecule has 2 amide bonds. The summed E-state index contributed by atoms with van der Waals surface area (Å²) in [6.07, 6.45) is 9.60. The Hall–Kier alpha value is -2.38. The zero-order valence-electron chi connectivity index (χ0n) is 18.8. The number of nitrogens with one attached hydrogen (secondary N) is 2. The number of aromatic nitrogens is 1. The van der Waals surface area contributed by atoms with Gasteiger partial charge in [-0.25, -0.2) is 4.79 Å². The molecule has 3 N–H and O–H groups in total. The Morgan fingerprint density at radius 2 is 2.10 bits per heavy atom. The first-order chi connectivity index (χ1) is 15.1. The van der Waals surface area contributed by atoms with Crippen LogP contribution in [-0.2, 0) is 0 Å². The monoisotopic (exact) mass is 428 g/mol. The number of carbonyl (C=O) groups excluding carboxylic acids is 1. The van der Waals surface area contributed by atoms with Gasteiger partial charge in [-0.3, -0.25) is 9.88 Å². The molecule has 1 aliphatic heterocycles. The summed E-state index contributed by atoms with van der Waals surface area (Å²) < 4.78 is 5.30. The summed E-state index contributed by atoms with van der Waals surface area (Å²) in [7, 11) is 1.62. The zero-order valence-corrected chi connectivity index (χ0v) is 18.8. The standard InChI is InChI=1S/C24H36N4O3/c1-3-4-5-6-7-13-28-14-11-18(15-19(28)17-29)26-24(30)27-23-10-12-25-22-9-8-20(31-2)16-21(22)23/h8-10,12,16,18-19,29H,3-7,11,13-15,17H2,1-2H3,(H2,25,26,27,30). The average molecular weight is 429 g/mol. The van der Waals surface area contributed by atoms with Crippen LogP contribution in [0.5, 0.6) is 5.75 Å². The smallest absolute Gasteiger partial charge is 0.319 e. The molecule has 1 saturated heterocycles. The molecule has 0 aliphatic carbocycles. The van der Waals surface area contributed by atoms with E-state index in [0.717, 1.165) is 42.6 Å². The third-order valence-electron chi connectivity index (χ3n) is 6.13. The molecule has 7 nitrogen and oxygen atoms in total. The van der Waals surface area contributed by atoms with Gasteiger partial charge in [-0.15, -0.1) is 0 Å². The highest BCUT2D eigenvalue weighted by molar-refractivity contribution is 6.00. The van der Waals surface area contributed by atoms with Crippen LogP contribution in [0, 0.1) is 0 Å². The number of amides is 2. The van der Waals surface area contributed by atoms with E-state index in [0.29, 0.717) is 5.69 Å². The van der Waals surface area contributed by atoms with Crippen molar-refractivity contribution in [2.45, 2.75) is 64.0 Å². The van der Waals surface area contributed by atoms with Crippen molar-refractivity contribution >= 4 is 22.6 Å². The van der Waals surface area contributed by atoms with Crippen LogP contribution < -0.4 is 15.4 Å². The average Bonchev–Trinajstić information content (AvgIpc) is 2.79. The summed E-state index contributed by atoms with van der Waals surface area (Å²) in [5, 5.41) is 16.8. The van der Waals surface area contributed by atoms with Crippen molar-refractivity contribution in [2.75, 3.05) is 32.1 Å². The molecule has 2 atom stereocenters. The normalized spacial score (nSPS) is 19.3. The van der Waals surface area contributed by atoms with Gasteiger partial charge in [0.25, 0.3) is 0 Å². The number of aliphatic hydroxyl groups excluding tert-OH is 1. The Labute approximate surface area is 185 Å². The van der Waals surface area contributed by atoms with E-state index in [-0.39, 0.29) is 24.7 Å². The molecule has 0 saturated carbocycles. The minimum Gasteiger partial charge on any atom is -0.497 e. The number of anilines is 1. The van der Waals surface area contributed by atoms with Crippen LogP contribution in [0.3, 0.4) is 0 Å². The number of pyridine rings is 1. The minimum absolute atomic E-state index is 0.0520. The number of ether oxygens (including phenoxy) is 1. The summed E-state index contributed by atoms with van der Waals surface area (Å²) in [6, 6.07) is 7.32. The van der Waals surface area contributed by atoms with E-state index in [4.69, 9.17) is 4.74 Å². The number of aliphatic hydroxyl groups is 1. The maximum atomic E-state index is 12.7. The van der Waals surface area contributed by atoms with Crippen LogP contribution in [0.1, 0.15) is 51.9 Å². The number of benzene rings is 1. The lowest BCUT2D eigenvalue weighted by molar-refractivity contribution is 0.0754. The second kappa shape index (κ2) is 11.9. The number of urea groups is 1. The van der Waals surface area contributed by atoms with Gasteiger partial charge in [0, 0.05) is 30.2 Å². The molecule has 3 rings (SSSR count). The number of nitrogens with zero attached hydrogens (tertiary/aromatic N) is 2. The Balaban J connectivity index is 1.53. The SMILES string of the molecule is CCCCCCCN1CCC(NC(=O)Nc2ccnc3ccc(OC)cc23)CC1CO. The van der Waals surface area contributed by atoms with Crippen molar-refractivity contribution < 1.29 is 14.6 Å². The maximum Gasteiger partial charge on any atom is 0.319 e. The second-order valence-corrected chi connectivity index (χ2v) is 8.35. The van der Waals surface area contributed by atoms with E-state index in [9.17, 15) is 9.90 Å². The molecule has 1 aromatic carbocycles. The van der Waals surface area contributed by atoms with Gasteiger partial charge < -0.3 is 20.5 Å². The second-order valence-electron chi connectivity index (χ2n) is 8.35. The van der Waals surface area contributed by atoms with Gasteiger partial charge in [-0.05, 0) is 50.1 Å². The summed E-state index contributed by atoms with van der Waals surface area (Å²) in [6.45, 7) is 4.28. The van der Waals surface area contributed by atoms with Crippen molar-refractivity contribution in [2.24, 2.45) is 0 Å². The van der Waals surface area contributed by atoms with Gasteiger partial charge in [-0.2, -0.15) is 0 Å². The Bertz CT molecular complexity index is 845. The Kier molecular flexibility index (Phi) is 8.91. The fraction of sp³-hybridized carbons (Fsp3) is 0.583. The molecule has 1 fully saturated rings. The van der Waals surface area contributed by atoms with Gasteiger partial charge in [0.15, 0.2) is 0 Å². The van der Waals surface area contributed by atoms with Crippen LogP contribution in [0.25, 0.3) is 10.9 Å². The van der Waals surface area contributed by atoms with E-state index in [1.54, 1.807) is 19.4 Å². The molecule has 2 aromatic rings. The molecule has 2 heterocycles. The highest BCUT2D eigenvalue weighted by atomic mass is 16.5. The molecular weight excluding hydrogens is 392 g/mol. The number of fused-ring (bicyclic) bond motifs is 1. The maximum absolute atomic E-state index is 12.7. The van der Waals surface area contributed by atoms with E-state index in [1.165, 1.54) is 32.1 Å². The van der Waals surface area contributed by atoms with E-state index in [1.807, 2.05) is 18.2 Å². The summed E-state index contributed by atoms with van der Waals surface area (Å²) in [4.78, 5) is 19.4. The number of likely N-dealkylation sites (tertiary alicyclic amines) is 1. The van der Waals surface area contributed by atoms with Crippen LogP contribution in [0.2, 0.25) is 0 Å². The van der Waals surface area contributed by atoms with Crippen LogP contribution in [-0.4, -0.2) is 59.9 Å². The van der Waals surface area contributed by atoms with Crippen molar-refractivity contribution in [3.8, 4) is 5.75 Å². The largest absolute Gasteiger partial charge is 0.497 e. The first-order valence-electron chi connectivity index (χ1n) is 11.5. The zero-order chi connectivity index (χ0) is 22.1. The summed E-state index contributed by atoms with van der Waals surface area (Å²) >= 11 is 0. The number of unbranched alkanes of at least 4 members (excludes halogenated alkanes) is 4. The fourth-order valence-electron chi connectivity index (χ4n) is 4.34. The fourth-order valence-corrected chi connectivity index (χ4v) is 4.34. The number of rotatable bonds is 10. The first kappa shape index (κ1) is 23.3. The molecule has 2 unspecified atom stereocenters. The summed E-state index contributed by atoms with van der Waals surface area (Å²) in [5.74, 6) is 0.719.